The molecule has 12 nitrogen and oxygen atoms in total. The Balaban J connectivity index is -0.0000000400. The topological polar surface area (TPSA) is 217 Å². The van der Waals surface area contributed by atoms with Crippen LogP contribution in [0.4, 0.5) is 14.4 Å². The minimum Gasteiger partial charge on any atom is -0.755 e. The molecule has 0 heterocycles. The third kappa shape index (κ3) is 106. The molecule has 0 aliphatic rings. The number of hydrogen-bond acceptors (Lipinski definition) is 12. The van der Waals surface area contributed by atoms with E-state index in [1.165, 1.54) is 0 Å². The first-order chi connectivity index (χ1) is 6.81. The van der Waals surface area contributed by atoms with Crippen molar-refractivity contribution >= 4 is 53.2 Å². The summed E-state index contributed by atoms with van der Waals surface area (Å²) >= 11 is 0. The fourth-order valence-electron chi connectivity index (χ4n) is 0. The minimum atomic E-state index is -2.05. The Morgan fingerprint density at radius 1 is 0.588 bits per heavy atom. The van der Waals surface area contributed by atoms with E-state index in [-0.39, 0.29) is 34.7 Å². The molecule has 0 aliphatic heterocycles. The largest absolute Gasteiger partial charge is 3.00 e. The first-order valence-electron chi connectivity index (χ1n) is 2.34. The van der Waals surface area contributed by atoms with Crippen molar-refractivity contribution in [1.29, 1.82) is 0 Å². The van der Waals surface area contributed by atoms with Crippen LogP contribution in [0, 0.1) is 0 Å². The van der Waals surface area contributed by atoms with Gasteiger partial charge in [0, 0.05) is 0 Å². The van der Waals surface area contributed by atoms with Crippen LogP contribution in [0.15, 0.2) is 0 Å². The molecule has 0 aliphatic carbocycles. The second-order valence-electron chi connectivity index (χ2n) is 1.00. The average molecular weight is 282 g/mol. The second-order valence-corrected chi connectivity index (χ2v) is 1.00. The van der Waals surface area contributed by atoms with E-state index in [1.54, 1.807) is 0 Å². The fraction of sp³-hybridized carbons (Fsp3) is 0. The molecule has 14 heteroatoms. The van der Waals surface area contributed by atoms with Gasteiger partial charge in [0.2, 0.25) is 18.5 Å². The number of hydrogen-bond donors (Lipinski definition) is 0. The minimum absolute atomic E-state index is 0. The Bertz CT molecular complexity index is 159. The van der Waals surface area contributed by atoms with Crippen LogP contribution in [-0.4, -0.2) is 53.2 Å². The molecule has 0 spiro atoms. The van der Waals surface area contributed by atoms with Gasteiger partial charge in [0.05, 0.1) is 0 Å². The van der Waals surface area contributed by atoms with Crippen molar-refractivity contribution in [2.45, 2.75) is 0 Å². The standard InChI is InChI=1S/3CH2O4.2Al/c3*2-1(3)5-4;;/h3*4H,(H,2,3);;/q;;;2*+3/p-6. The van der Waals surface area contributed by atoms with E-state index < -0.39 is 18.5 Å². The van der Waals surface area contributed by atoms with Gasteiger partial charge in [-0.25, -0.2) is 0 Å². The van der Waals surface area contributed by atoms with E-state index in [1.807, 2.05) is 0 Å². The van der Waals surface area contributed by atoms with Crippen molar-refractivity contribution in [3.8, 4) is 0 Å². The van der Waals surface area contributed by atoms with Crippen molar-refractivity contribution in [3.05, 3.63) is 0 Å². The molecule has 90 valence electrons. The van der Waals surface area contributed by atoms with Gasteiger partial charge in [-0.2, -0.15) is 0 Å². The summed E-state index contributed by atoms with van der Waals surface area (Å²) in [6.45, 7) is 0. The van der Waals surface area contributed by atoms with Crippen LogP contribution in [0.1, 0.15) is 0 Å². The SMILES string of the molecule is O=C([O-])O[O-].O=C([O-])O[O-].O=C([O-])O[O-].[Al+3].[Al+3]. The zero-order chi connectivity index (χ0) is 12.9. The molecule has 0 aromatic heterocycles. The molecule has 0 amide bonds. The van der Waals surface area contributed by atoms with Crippen molar-refractivity contribution in [1.82, 2.24) is 0 Å². The maximum Gasteiger partial charge on any atom is 3.00 e. The summed E-state index contributed by atoms with van der Waals surface area (Å²) in [5, 5.41) is 51.6. The molecule has 0 unspecified atom stereocenters. The summed E-state index contributed by atoms with van der Waals surface area (Å²) < 4.78 is 0. The summed E-state index contributed by atoms with van der Waals surface area (Å²) in [4.78, 5) is 33.1. The quantitative estimate of drug-likeness (QED) is 0.229. The zero-order valence-corrected chi connectivity index (χ0v) is 9.86. The van der Waals surface area contributed by atoms with Crippen molar-refractivity contribution in [3.63, 3.8) is 0 Å². The summed E-state index contributed by atoms with van der Waals surface area (Å²) in [6.07, 6.45) is -6.15. The van der Waals surface area contributed by atoms with Gasteiger partial charge in [-0.15, -0.1) is 0 Å². The Hall–Kier alpha value is -1.25. The van der Waals surface area contributed by atoms with Crippen LogP contribution in [0.2, 0.25) is 0 Å². The summed E-state index contributed by atoms with van der Waals surface area (Å²) in [6, 6.07) is 0. The fourth-order valence-corrected chi connectivity index (χ4v) is 0. The molecule has 0 atom stereocenters. The molecule has 0 aromatic rings. The Morgan fingerprint density at radius 2 is 0.647 bits per heavy atom. The third-order valence-corrected chi connectivity index (χ3v) is 0.204. The number of carbonyl (C=O) groups is 3. The van der Waals surface area contributed by atoms with Gasteiger partial charge in [-0.05, 0) is 0 Å². The van der Waals surface area contributed by atoms with Crippen LogP contribution in [-0.2, 0) is 14.7 Å². The summed E-state index contributed by atoms with van der Waals surface area (Å²) in [5.41, 5.74) is 0. The molecular weight excluding hydrogens is 282 g/mol. The first kappa shape index (κ1) is 29.7. The summed E-state index contributed by atoms with van der Waals surface area (Å²) in [7, 11) is 0. The normalized spacial score (nSPS) is 5.82. The summed E-state index contributed by atoms with van der Waals surface area (Å²) in [5.74, 6) is 0. The first-order valence-corrected chi connectivity index (χ1v) is 2.34. The van der Waals surface area contributed by atoms with Gasteiger partial charge in [0.1, 0.15) is 0 Å². The molecule has 17 heavy (non-hydrogen) atoms. The second kappa shape index (κ2) is 24.1. The van der Waals surface area contributed by atoms with E-state index in [2.05, 4.69) is 14.7 Å². The molecule has 0 bridgehead atoms. The Morgan fingerprint density at radius 3 is 0.647 bits per heavy atom. The predicted octanol–water partition coefficient (Wildman–Crippen LogP) is -7.90. The van der Waals surface area contributed by atoms with Gasteiger partial charge in [0.15, 0.2) is 0 Å². The van der Waals surface area contributed by atoms with E-state index in [9.17, 15) is 0 Å². The van der Waals surface area contributed by atoms with Gasteiger partial charge in [-0.3, -0.25) is 0 Å². The molecule has 0 saturated carbocycles. The van der Waals surface area contributed by atoms with Gasteiger partial charge < -0.3 is 60.1 Å². The number of carboxylic acid groups (broad SMARTS) is 3. The smallest absolute Gasteiger partial charge is 0.755 e. The van der Waals surface area contributed by atoms with Gasteiger partial charge >= 0.3 is 34.7 Å². The Labute approximate surface area is 114 Å². The van der Waals surface area contributed by atoms with Gasteiger partial charge in [0.25, 0.3) is 0 Å². The van der Waals surface area contributed by atoms with E-state index in [0.717, 1.165) is 0 Å². The molecule has 0 aromatic carbocycles. The van der Waals surface area contributed by atoms with Crippen LogP contribution >= 0.6 is 0 Å². The van der Waals surface area contributed by atoms with E-state index in [0.29, 0.717) is 0 Å². The van der Waals surface area contributed by atoms with Crippen LogP contribution < -0.4 is 31.1 Å². The van der Waals surface area contributed by atoms with Crippen molar-refractivity contribution < 1.29 is 60.1 Å². The predicted molar refractivity (Wildman–Crippen MR) is 31.0 cm³/mol. The third-order valence-electron chi connectivity index (χ3n) is 0.204. The molecule has 0 saturated heterocycles. The molecule has 0 N–H and O–H groups in total. The molecule has 0 rings (SSSR count). The maximum absolute atomic E-state index is 8.72. The van der Waals surface area contributed by atoms with Crippen molar-refractivity contribution in [2.24, 2.45) is 0 Å². The van der Waals surface area contributed by atoms with Crippen LogP contribution in [0.5, 0.6) is 0 Å². The maximum atomic E-state index is 8.72. The molecular formula is C3Al2O12. The van der Waals surface area contributed by atoms with Crippen LogP contribution in [0.25, 0.3) is 0 Å². The van der Waals surface area contributed by atoms with E-state index in [4.69, 9.17) is 45.5 Å². The van der Waals surface area contributed by atoms with Gasteiger partial charge in [-0.1, -0.05) is 0 Å². The Kier molecular flexibility index (Phi) is 42.1. The average Bonchev–Trinajstić information content (AvgIpc) is 2.19. The zero-order valence-electron chi connectivity index (χ0n) is 7.55. The molecule has 0 radical (unpaired) electrons. The van der Waals surface area contributed by atoms with Crippen LogP contribution in [0.3, 0.4) is 0 Å². The monoisotopic (exact) mass is 282 g/mol. The molecule has 0 fully saturated rings. The number of carbonyl (C=O) groups excluding carboxylic acids is 3. The number of rotatable bonds is 0. The van der Waals surface area contributed by atoms with E-state index >= 15 is 0 Å². The van der Waals surface area contributed by atoms with Crippen molar-refractivity contribution in [2.75, 3.05) is 0 Å².